The average Bonchev–Trinajstić information content (AvgIpc) is 3.00. The lowest BCUT2D eigenvalue weighted by molar-refractivity contribution is -0.135. The van der Waals surface area contributed by atoms with Crippen LogP contribution in [0.2, 0.25) is 10.0 Å². The van der Waals surface area contributed by atoms with Crippen LogP contribution < -0.4 is 5.01 Å². The minimum absolute atomic E-state index is 0.140. The minimum Gasteiger partial charge on any atom is -0.461 e. The molecule has 9 heteroatoms. The maximum Gasteiger partial charge on any atom is 0.357 e. The third-order valence-electron chi connectivity index (χ3n) is 3.58. The molecule has 7 nitrogen and oxygen atoms in total. The summed E-state index contributed by atoms with van der Waals surface area (Å²) in [6, 6.07) is 12.1. The molecule has 0 radical (unpaired) electrons. The highest BCUT2D eigenvalue weighted by molar-refractivity contribution is 6.46. The topological polar surface area (TPSA) is 83.7 Å². The molecule has 2 aromatic rings. The van der Waals surface area contributed by atoms with E-state index in [1.807, 2.05) is 0 Å². The van der Waals surface area contributed by atoms with E-state index < -0.39 is 17.9 Å². The largest absolute Gasteiger partial charge is 0.461 e. The number of para-hydroxylation sites is 1. The number of anilines is 1. The molecular formula is C18H14Cl2N4O3. The molecule has 2 aromatic carbocycles. The highest BCUT2D eigenvalue weighted by atomic mass is 35.5. The molecule has 1 aliphatic rings. The summed E-state index contributed by atoms with van der Waals surface area (Å²) in [5.74, 6) is -1.25. The van der Waals surface area contributed by atoms with E-state index >= 15 is 0 Å². The Hall–Kier alpha value is -2.77. The summed E-state index contributed by atoms with van der Waals surface area (Å²) in [6.07, 6.45) is 0. The fourth-order valence-electron chi connectivity index (χ4n) is 2.34. The Bertz CT molecular complexity index is 931. The fourth-order valence-corrected chi connectivity index (χ4v) is 2.66. The molecular weight excluding hydrogens is 391 g/mol. The lowest BCUT2D eigenvalue weighted by Crippen LogP contribution is -2.33. The first-order valence-electron chi connectivity index (χ1n) is 8.01. The highest BCUT2D eigenvalue weighted by Crippen LogP contribution is 2.30. The number of esters is 1. The molecule has 1 aliphatic heterocycles. The van der Waals surface area contributed by atoms with Gasteiger partial charge in [0, 0.05) is 5.02 Å². The van der Waals surface area contributed by atoms with E-state index in [0.717, 1.165) is 5.01 Å². The number of carbonyl (C=O) groups is 2. The summed E-state index contributed by atoms with van der Waals surface area (Å²) in [4.78, 5) is 25.0. The van der Waals surface area contributed by atoms with Crippen LogP contribution in [-0.4, -0.2) is 30.2 Å². The monoisotopic (exact) mass is 404 g/mol. The van der Waals surface area contributed by atoms with E-state index in [9.17, 15) is 9.59 Å². The highest BCUT2D eigenvalue weighted by Gasteiger charge is 2.41. The second-order valence-corrected chi connectivity index (χ2v) is 6.25. The van der Waals surface area contributed by atoms with Crippen molar-refractivity contribution in [3.8, 4) is 0 Å². The zero-order valence-corrected chi connectivity index (χ0v) is 15.7. The summed E-state index contributed by atoms with van der Waals surface area (Å²) in [6.45, 7) is 1.80. The molecule has 0 aliphatic carbocycles. The van der Waals surface area contributed by atoms with Crippen molar-refractivity contribution >= 4 is 52.2 Å². The second kappa shape index (κ2) is 8.28. The SMILES string of the molecule is CCOC(=O)C1=NN(c2ccccc2)C(=O)C1N=Nc1cc(Cl)ccc1Cl. The molecule has 0 saturated heterocycles. The molecule has 1 amide bonds. The normalized spacial score (nSPS) is 16.7. The number of hydrazone groups is 1. The van der Waals surface area contributed by atoms with Gasteiger partial charge in [0.15, 0.2) is 5.71 Å². The first kappa shape index (κ1) is 19.0. The van der Waals surface area contributed by atoms with Gasteiger partial charge in [0.1, 0.15) is 5.69 Å². The summed E-state index contributed by atoms with van der Waals surface area (Å²) in [5, 5.41) is 13.9. The van der Waals surface area contributed by atoms with Crippen LogP contribution in [0.15, 0.2) is 63.9 Å². The van der Waals surface area contributed by atoms with Gasteiger partial charge in [-0.25, -0.2) is 4.79 Å². The van der Waals surface area contributed by atoms with Crippen molar-refractivity contribution in [1.82, 2.24) is 0 Å². The minimum atomic E-state index is -1.24. The Morgan fingerprint density at radius 1 is 1.22 bits per heavy atom. The smallest absolute Gasteiger partial charge is 0.357 e. The number of nitrogens with zero attached hydrogens (tertiary/aromatic N) is 4. The summed E-state index contributed by atoms with van der Waals surface area (Å²) >= 11 is 12.0. The molecule has 0 N–H and O–H groups in total. The predicted molar refractivity (Wildman–Crippen MR) is 103 cm³/mol. The van der Waals surface area contributed by atoms with Crippen molar-refractivity contribution in [2.75, 3.05) is 11.6 Å². The number of halogens is 2. The van der Waals surface area contributed by atoms with Gasteiger partial charge in [-0.3, -0.25) is 4.79 Å². The maximum atomic E-state index is 12.8. The number of benzene rings is 2. The number of azo groups is 1. The first-order chi connectivity index (χ1) is 13.0. The summed E-state index contributed by atoms with van der Waals surface area (Å²) in [7, 11) is 0. The van der Waals surface area contributed by atoms with E-state index in [-0.39, 0.29) is 18.0 Å². The Morgan fingerprint density at radius 2 is 1.96 bits per heavy atom. The van der Waals surface area contributed by atoms with Gasteiger partial charge >= 0.3 is 5.97 Å². The third kappa shape index (κ3) is 4.15. The number of rotatable bonds is 5. The van der Waals surface area contributed by atoms with Crippen LogP contribution in [0.3, 0.4) is 0 Å². The van der Waals surface area contributed by atoms with Gasteiger partial charge in [-0.15, -0.1) is 0 Å². The van der Waals surface area contributed by atoms with Crippen molar-refractivity contribution in [3.05, 3.63) is 58.6 Å². The molecule has 0 bridgehead atoms. The van der Waals surface area contributed by atoms with Crippen LogP contribution in [0.5, 0.6) is 0 Å². The molecule has 0 saturated carbocycles. The number of hydrogen-bond acceptors (Lipinski definition) is 6. The fraction of sp³-hybridized carbons (Fsp3) is 0.167. The van der Waals surface area contributed by atoms with Crippen molar-refractivity contribution in [1.29, 1.82) is 0 Å². The Kier molecular flexibility index (Phi) is 5.83. The first-order valence-corrected chi connectivity index (χ1v) is 8.77. The van der Waals surface area contributed by atoms with Gasteiger partial charge in [0.05, 0.1) is 17.3 Å². The lowest BCUT2D eigenvalue weighted by atomic mass is 10.2. The van der Waals surface area contributed by atoms with Crippen LogP contribution in [0.4, 0.5) is 11.4 Å². The van der Waals surface area contributed by atoms with E-state index in [4.69, 9.17) is 27.9 Å². The van der Waals surface area contributed by atoms with Gasteiger partial charge in [-0.2, -0.15) is 20.3 Å². The molecule has 0 spiro atoms. The Balaban J connectivity index is 1.95. The molecule has 138 valence electrons. The van der Waals surface area contributed by atoms with Crippen LogP contribution >= 0.6 is 23.2 Å². The zero-order chi connectivity index (χ0) is 19.4. The molecule has 27 heavy (non-hydrogen) atoms. The number of hydrogen-bond donors (Lipinski definition) is 0. The van der Waals surface area contributed by atoms with Crippen LogP contribution in [0, 0.1) is 0 Å². The predicted octanol–water partition coefficient (Wildman–Crippen LogP) is 4.41. The number of ether oxygens (including phenoxy) is 1. The molecule has 1 heterocycles. The lowest BCUT2D eigenvalue weighted by Gasteiger charge is -2.11. The standard InChI is InChI=1S/C18H14Cl2N4O3/c1-2-27-18(26)16-15(22-21-14-10-11(19)8-9-13(14)20)17(25)24(23-16)12-6-4-3-5-7-12/h3-10,15H,2H2,1H3. The molecule has 0 fully saturated rings. The molecule has 1 atom stereocenters. The number of amides is 1. The quantitative estimate of drug-likeness (QED) is 0.546. The molecule has 0 aromatic heterocycles. The third-order valence-corrected chi connectivity index (χ3v) is 4.14. The van der Waals surface area contributed by atoms with E-state index in [0.29, 0.717) is 15.7 Å². The van der Waals surface area contributed by atoms with Crippen LogP contribution in [0.1, 0.15) is 6.92 Å². The Morgan fingerprint density at radius 3 is 2.67 bits per heavy atom. The van der Waals surface area contributed by atoms with Crippen molar-refractivity contribution < 1.29 is 14.3 Å². The number of carbonyl (C=O) groups excluding carboxylic acids is 2. The van der Waals surface area contributed by atoms with E-state index in [1.54, 1.807) is 49.4 Å². The average molecular weight is 405 g/mol. The van der Waals surface area contributed by atoms with Crippen LogP contribution in [-0.2, 0) is 14.3 Å². The summed E-state index contributed by atoms with van der Waals surface area (Å²) in [5.41, 5.74) is 0.633. The van der Waals surface area contributed by atoms with Gasteiger partial charge in [-0.05, 0) is 37.3 Å². The molecule has 3 rings (SSSR count). The van der Waals surface area contributed by atoms with Crippen molar-refractivity contribution in [2.45, 2.75) is 13.0 Å². The summed E-state index contributed by atoms with van der Waals surface area (Å²) < 4.78 is 4.99. The molecule has 1 unspecified atom stereocenters. The maximum absolute atomic E-state index is 12.8. The van der Waals surface area contributed by atoms with E-state index in [1.165, 1.54) is 6.07 Å². The Labute approximate surface area is 165 Å². The van der Waals surface area contributed by atoms with Gasteiger partial charge in [-0.1, -0.05) is 41.4 Å². The van der Waals surface area contributed by atoms with Gasteiger partial charge in [0.2, 0.25) is 6.04 Å². The zero-order valence-electron chi connectivity index (χ0n) is 14.2. The van der Waals surface area contributed by atoms with Gasteiger partial charge < -0.3 is 4.74 Å². The van der Waals surface area contributed by atoms with Crippen LogP contribution in [0.25, 0.3) is 0 Å². The van der Waals surface area contributed by atoms with E-state index in [2.05, 4.69) is 15.3 Å². The van der Waals surface area contributed by atoms with Crippen molar-refractivity contribution in [2.24, 2.45) is 15.3 Å². The second-order valence-electron chi connectivity index (χ2n) is 5.41. The van der Waals surface area contributed by atoms with Crippen molar-refractivity contribution in [3.63, 3.8) is 0 Å². The van der Waals surface area contributed by atoms with Gasteiger partial charge in [0.25, 0.3) is 5.91 Å².